The molecule has 0 aliphatic rings. The maximum atomic E-state index is 8.68. The van der Waals surface area contributed by atoms with Crippen LogP contribution in [0, 0.1) is 18.3 Å². The molecule has 2 aromatic rings. The van der Waals surface area contributed by atoms with Crippen LogP contribution in [0.2, 0.25) is 0 Å². The molecule has 0 aliphatic heterocycles. The average Bonchev–Trinajstić information content (AvgIpc) is 2.53. The zero-order chi connectivity index (χ0) is 8.55. The largest absolute Gasteiger partial charge is 0.192 e. The first-order chi connectivity index (χ1) is 5.83. The van der Waals surface area contributed by atoms with Crippen LogP contribution in [0.25, 0.3) is 5.52 Å². The summed E-state index contributed by atoms with van der Waals surface area (Å²) in [7, 11) is 0. The molecule has 0 bridgehead atoms. The number of nitriles is 1. The van der Waals surface area contributed by atoms with Crippen molar-refractivity contribution >= 4 is 5.52 Å². The highest BCUT2D eigenvalue weighted by Crippen LogP contribution is 2.09. The molecular weight excluding hydrogens is 154 g/mol. The lowest BCUT2D eigenvalue weighted by molar-refractivity contribution is 0.739. The van der Waals surface area contributed by atoms with Crippen LogP contribution in [-0.2, 0) is 0 Å². The third-order valence-electron chi connectivity index (χ3n) is 1.74. The molecule has 0 fully saturated rings. The molecule has 0 radical (unpaired) electrons. The fraction of sp³-hybridized carbons (Fsp3) is 0.143. The molecule has 58 valence electrons. The van der Waals surface area contributed by atoms with Crippen LogP contribution in [0.3, 0.4) is 0 Å². The highest BCUT2D eigenvalue weighted by Gasteiger charge is 2.04. The first-order valence-corrected chi connectivity index (χ1v) is 3.39. The Balaban J connectivity index is 2.89. The van der Waals surface area contributed by atoms with Gasteiger partial charge in [-0.1, -0.05) is 0 Å². The van der Waals surface area contributed by atoms with Gasteiger partial charge in [-0.05, 0) is 17.7 Å². The van der Waals surface area contributed by atoms with E-state index in [1.54, 1.807) is 6.20 Å². The Labute approximate surface area is 68.2 Å². The number of nitrogens with zero attached hydrogens (tertiary/aromatic N) is 5. The monoisotopic (exact) mass is 159 g/mol. The summed E-state index contributed by atoms with van der Waals surface area (Å²) >= 11 is 0. The Morgan fingerprint density at radius 3 is 3.08 bits per heavy atom. The van der Waals surface area contributed by atoms with Crippen molar-refractivity contribution in [1.29, 1.82) is 5.26 Å². The molecule has 2 rings (SSSR count). The molecule has 0 unspecified atom stereocenters. The van der Waals surface area contributed by atoms with E-state index in [0.717, 1.165) is 11.1 Å². The van der Waals surface area contributed by atoms with Crippen molar-refractivity contribution in [3.63, 3.8) is 0 Å². The van der Waals surface area contributed by atoms with E-state index in [1.807, 2.05) is 13.0 Å². The third-order valence-corrected chi connectivity index (χ3v) is 1.74. The molecule has 0 amide bonds. The SMILES string of the molecule is Cc1c(C#N)cnn2nncc12. The fourth-order valence-corrected chi connectivity index (χ4v) is 1.02. The summed E-state index contributed by atoms with van der Waals surface area (Å²) in [4.78, 5) is 0. The van der Waals surface area contributed by atoms with Crippen LogP contribution in [0.5, 0.6) is 0 Å². The molecule has 0 saturated carbocycles. The van der Waals surface area contributed by atoms with E-state index >= 15 is 0 Å². The van der Waals surface area contributed by atoms with Crippen molar-refractivity contribution in [3.05, 3.63) is 23.5 Å². The first kappa shape index (κ1) is 6.73. The van der Waals surface area contributed by atoms with Gasteiger partial charge in [0, 0.05) is 0 Å². The van der Waals surface area contributed by atoms with Gasteiger partial charge < -0.3 is 0 Å². The molecule has 12 heavy (non-hydrogen) atoms. The molecule has 0 atom stereocenters. The highest BCUT2D eigenvalue weighted by atomic mass is 15.5. The Morgan fingerprint density at radius 1 is 1.50 bits per heavy atom. The van der Waals surface area contributed by atoms with Crippen LogP contribution in [0.1, 0.15) is 11.1 Å². The molecule has 0 saturated heterocycles. The van der Waals surface area contributed by atoms with Crippen LogP contribution in [-0.4, -0.2) is 20.0 Å². The van der Waals surface area contributed by atoms with Gasteiger partial charge in [0.25, 0.3) is 0 Å². The van der Waals surface area contributed by atoms with Crippen LogP contribution in [0.15, 0.2) is 12.4 Å². The minimum Gasteiger partial charge on any atom is -0.192 e. The second-order valence-corrected chi connectivity index (χ2v) is 2.40. The second-order valence-electron chi connectivity index (χ2n) is 2.40. The van der Waals surface area contributed by atoms with E-state index in [0.29, 0.717) is 5.56 Å². The molecule has 0 aliphatic carbocycles. The van der Waals surface area contributed by atoms with Gasteiger partial charge in [-0.2, -0.15) is 10.4 Å². The summed E-state index contributed by atoms with van der Waals surface area (Å²) in [5.74, 6) is 0. The van der Waals surface area contributed by atoms with Crippen LogP contribution in [0.4, 0.5) is 0 Å². The van der Waals surface area contributed by atoms with E-state index in [-0.39, 0.29) is 0 Å². The maximum Gasteiger partial charge on any atom is 0.112 e. The summed E-state index contributed by atoms with van der Waals surface area (Å²) in [5.41, 5.74) is 2.19. The topological polar surface area (TPSA) is 66.9 Å². The standard InChI is InChI=1S/C7H5N5/c1-5-6(2-8)3-10-12-7(5)4-9-11-12/h3-4H,1H3. The van der Waals surface area contributed by atoms with Gasteiger partial charge in [-0.15, -0.1) is 9.73 Å². The first-order valence-electron chi connectivity index (χ1n) is 3.39. The van der Waals surface area contributed by atoms with Crippen LogP contribution >= 0.6 is 0 Å². The number of hydrogen-bond acceptors (Lipinski definition) is 4. The maximum absolute atomic E-state index is 8.68. The Hall–Kier alpha value is -1.96. The lowest BCUT2D eigenvalue weighted by Crippen LogP contribution is -1.97. The Bertz CT molecular complexity index is 464. The van der Waals surface area contributed by atoms with Crippen molar-refractivity contribution in [2.45, 2.75) is 6.92 Å². The van der Waals surface area contributed by atoms with Crippen molar-refractivity contribution in [1.82, 2.24) is 20.0 Å². The van der Waals surface area contributed by atoms with E-state index in [1.165, 1.54) is 10.8 Å². The molecule has 5 heteroatoms. The van der Waals surface area contributed by atoms with E-state index < -0.39 is 0 Å². The number of rotatable bonds is 0. The average molecular weight is 159 g/mol. The van der Waals surface area contributed by atoms with Crippen molar-refractivity contribution in [2.75, 3.05) is 0 Å². The smallest absolute Gasteiger partial charge is 0.112 e. The van der Waals surface area contributed by atoms with E-state index in [9.17, 15) is 0 Å². The predicted octanol–water partition coefficient (Wildman–Crippen LogP) is 0.304. The summed E-state index contributed by atoms with van der Waals surface area (Å²) in [5, 5.41) is 19.9. The second kappa shape index (κ2) is 2.27. The van der Waals surface area contributed by atoms with Gasteiger partial charge >= 0.3 is 0 Å². The quantitative estimate of drug-likeness (QED) is 0.554. The van der Waals surface area contributed by atoms with E-state index in [2.05, 4.69) is 15.4 Å². The molecule has 2 aromatic heterocycles. The van der Waals surface area contributed by atoms with Crippen molar-refractivity contribution in [3.8, 4) is 6.07 Å². The van der Waals surface area contributed by atoms with Gasteiger partial charge in [-0.3, -0.25) is 0 Å². The number of fused-ring (bicyclic) bond motifs is 1. The molecule has 5 nitrogen and oxygen atoms in total. The predicted molar refractivity (Wildman–Crippen MR) is 40.2 cm³/mol. The summed E-state index contributed by atoms with van der Waals surface area (Å²) in [6.45, 7) is 1.85. The minimum absolute atomic E-state index is 0.560. The number of aromatic nitrogens is 4. The lowest BCUT2D eigenvalue weighted by atomic mass is 10.2. The van der Waals surface area contributed by atoms with Gasteiger partial charge in [0.1, 0.15) is 11.6 Å². The minimum atomic E-state index is 0.560. The molecular formula is C7H5N5. The van der Waals surface area contributed by atoms with Gasteiger partial charge in [0.05, 0.1) is 18.0 Å². The lowest BCUT2D eigenvalue weighted by Gasteiger charge is -1.96. The van der Waals surface area contributed by atoms with Gasteiger partial charge in [0.15, 0.2) is 0 Å². The number of aryl methyl sites for hydroxylation is 1. The molecule has 0 aromatic carbocycles. The van der Waals surface area contributed by atoms with Crippen LogP contribution < -0.4 is 0 Å². The Kier molecular flexibility index (Phi) is 1.27. The highest BCUT2D eigenvalue weighted by molar-refractivity contribution is 5.56. The van der Waals surface area contributed by atoms with Crippen molar-refractivity contribution < 1.29 is 0 Å². The zero-order valence-corrected chi connectivity index (χ0v) is 6.39. The molecule has 0 N–H and O–H groups in total. The third kappa shape index (κ3) is 0.751. The summed E-state index contributed by atoms with van der Waals surface area (Å²) < 4.78 is 1.40. The van der Waals surface area contributed by atoms with Gasteiger partial charge in [0.2, 0.25) is 0 Å². The summed E-state index contributed by atoms with van der Waals surface area (Å²) in [6.07, 6.45) is 3.07. The molecule has 2 heterocycles. The Morgan fingerprint density at radius 2 is 2.33 bits per heavy atom. The number of hydrogen-bond donors (Lipinski definition) is 0. The fourth-order valence-electron chi connectivity index (χ4n) is 1.02. The molecule has 0 spiro atoms. The zero-order valence-electron chi connectivity index (χ0n) is 6.39. The summed E-state index contributed by atoms with van der Waals surface area (Å²) in [6, 6.07) is 2.05. The van der Waals surface area contributed by atoms with Crippen molar-refractivity contribution in [2.24, 2.45) is 0 Å². The van der Waals surface area contributed by atoms with E-state index in [4.69, 9.17) is 5.26 Å². The normalized spacial score (nSPS) is 10.0. The van der Waals surface area contributed by atoms with Gasteiger partial charge in [-0.25, -0.2) is 0 Å².